The number of para-hydroxylation sites is 1. The Hall–Kier alpha value is -3.13. The van der Waals surface area contributed by atoms with Gasteiger partial charge in [0.2, 0.25) is 5.91 Å². The van der Waals surface area contributed by atoms with Gasteiger partial charge in [0.15, 0.2) is 5.16 Å². The van der Waals surface area contributed by atoms with Crippen molar-refractivity contribution < 1.29 is 9.59 Å². The van der Waals surface area contributed by atoms with Gasteiger partial charge in [0.25, 0.3) is 0 Å². The third-order valence-corrected chi connectivity index (χ3v) is 4.67. The van der Waals surface area contributed by atoms with Gasteiger partial charge in [0.1, 0.15) is 5.82 Å². The van der Waals surface area contributed by atoms with Crippen molar-refractivity contribution >= 4 is 29.4 Å². The topological polar surface area (TPSA) is 88.9 Å². The molecule has 0 fully saturated rings. The predicted octanol–water partition coefficient (Wildman–Crippen LogP) is 3.08. The molecule has 8 heteroatoms. The van der Waals surface area contributed by atoms with Crippen LogP contribution >= 0.6 is 11.8 Å². The van der Waals surface area contributed by atoms with E-state index in [9.17, 15) is 9.59 Å². The minimum atomic E-state index is -0.561. The summed E-state index contributed by atoms with van der Waals surface area (Å²) in [5.41, 5.74) is 1.74. The molecule has 0 atom stereocenters. The van der Waals surface area contributed by atoms with Gasteiger partial charge in [-0.25, -0.2) is 4.79 Å². The highest BCUT2D eigenvalue weighted by atomic mass is 32.2. The molecule has 0 aliphatic heterocycles. The summed E-state index contributed by atoms with van der Waals surface area (Å²) in [5.74, 6) is 0.429. The number of amides is 3. The van der Waals surface area contributed by atoms with Crippen molar-refractivity contribution in [2.45, 2.75) is 18.6 Å². The van der Waals surface area contributed by atoms with Crippen LogP contribution < -0.4 is 10.6 Å². The summed E-state index contributed by atoms with van der Waals surface area (Å²) in [5, 5.41) is 13.8. The molecule has 2 N–H and O–H groups in total. The zero-order valence-corrected chi connectivity index (χ0v) is 15.6. The Balaban J connectivity index is 1.54. The first-order chi connectivity index (χ1) is 13.1. The van der Waals surface area contributed by atoms with E-state index in [1.54, 1.807) is 24.3 Å². The molecule has 0 unspecified atom stereocenters. The highest BCUT2D eigenvalue weighted by molar-refractivity contribution is 7.99. The van der Waals surface area contributed by atoms with Crippen molar-refractivity contribution in [3.63, 3.8) is 0 Å². The van der Waals surface area contributed by atoms with Crippen LogP contribution in [0, 0.1) is 6.92 Å². The van der Waals surface area contributed by atoms with E-state index in [1.807, 2.05) is 47.9 Å². The number of carbonyl (C=O) groups is 2. The number of imide groups is 1. The van der Waals surface area contributed by atoms with Crippen LogP contribution in [0.25, 0.3) is 0 Å². The molecule has 7 nitrogen and oxygen atoms in total. The Bertz CT molecular complexity index is 912. The van der Waals surface area contributed by atoms with Crippen LogP contribution in [-0.4, -0.2) is 32.5 Å². The summed E-state index contributed by atoms with van der Waals surface area (Å²) >= 11 is 1.24. The summed E-state index contributed by atoms with van der Waals surface area (Å²) in [6.45, 7) is 2.49. The number of thioether (sulfide) groups is 1. The van der Waals surface area contributed by atoms with Crippen molar-refractivity contribution in [1.29, 1.82) is 0 Å². The quantitative estimate of drug-likeness (QED) is 0.641. The van der Waals surface area contributed by atoms with Crippen molar-refractivity contribution in [1.82, 2.24) is 20.1 Å². The Kier molecular flexibility index (Phi) is 6.22. The maximum Gasteiger partial charge on any atom is 0.325 e. The van der Waals surface area contributed by atoms with Gasteiger partial charge < -0.3 is 9.88 Å². The third kappa shape index (κ3) is 5.42. The molecule has 0 bridgehead atoms. The molecule has 0 saturated heterocycles. The smallest absolute Gasteiger partial charge is 0.308 e. The van der Waals surface area contributed by atoms with Crippen LogP contribution in [0.1, 0.15) is 11.4 Å². The monoisotopic (exact) mass is 381 g/mol. The van der Waals surface area contributed by atoms with Gasteiger partial charge in [0.05, 0.1) is 12.3 Å². The maximum absolute atomic E-state index is 12.0. The zero-order valence-electron chi connectivity index (χ0n) is 14.8. The number of aromatic nitrogens is 3. The molecule has 2 aromatic carbocycles. The molecule has 0 aliphatic carbocycles. The average molecular weight is 381 g/mol. The summed E-state index contributed by atoms with van der Waals surface area (Å²) in [6, 6.07) is 18.3. The van der Waals surface area contributed by atoms with Gasteiger partial charge in [0, 0.05) is 5.69 Å². The minimum Gasteiger partial charge on any atom is -0.308 e. The SMILES string of the molecule is Cc1nnc(SCC(=O)NC(=O)Nc2ccccc2)n1Cc1ccccc1. The number of anilines is 1. The number of nitrogens with zero attached hydrogens (tertiary/aromatic N) is 3. The van der Waals surface area contributed by atoms with E-state index < -0.39 is 11.9 Å². The highest BCUT2D eigenvalue weighted by Crippen LogP contribution is 2.18. The lowest BCUT2D eigenvalue weighted by molar-refractivity contribution is -0.117. The fourth-order valence-electron chi connectivity index (χ4n) is 2.39. The van der Waals surface area contributed by atoms with Crippen LogP contribution in [0.3, 0.4) is 0 Å². The second kappa shape index (κ2) is 9.00. The van der Waals surface area contributed by atoms with Gasteiger partial charge in [-0.1, -0.05) is 60.3 Å². The number of aryl methyl sites for hydroxylation is 1. The molecule has 0 radical (unpaired) electrons. The number of carbonyl (C=O) groups excluding carboxylic acids is 2. The number of nitrogens with one attached hydrogen (secondary N) is 2. The molecule has 3 rings (SSSR count). The Labute approximate surface area is 161 Å². The third-order valence-electron chi connectivity index (χ3n) is 3.70. The van der Waals surface area contributed by atoms with E-state index in [0.717, 1.165) is 11.4 Å². The van der Waals surface area contributed by atoms with E-state index in [4.69, 9.17) is 0 Å². The van der Waals surface area contributed by atoms with Crippen LogP contribution in [0.2, 0.25) is 0 Å². The van der Waals surface area contributed by atoms with E-state index in [-0.39, 0.29) is 5.75 Å². The first-order valence-electron chi connectivity index (χ1n) is 8.34. The van der Waals surface area contributed by atoms with Crippen molar-refractivity contribution in [2.75, 3.05) is 11.1 Å². The van der Waals surface area contributed by atoms with Crippen LogP contribution in [0.5, 0.6) is 0 Å². The summed E-state index contributed by atoms with van der Waals surface area (Å²) < 4.78 is 1.94. The molecule has 27 heavy (non-hydrogen) atoms. The minimum absolute atomic E-state index is 0.0646. The normalized spacial score (nSPS) is 10.4. The average Bonchev–Trinajstić information content (AvgIpc) is 3.01. The molecule has 0 aliphatic rings. The largest absolute Gasteiger partial charge is 0.325 e. The fraction of sp³-hybridized carbons (Fsp3) is 0.158. The maximum atomic E-state index is 12.0. The summed E-state index contributed by atoms with van der Waals surface area (Å²) in [4.78, 5) is 23.9. The molecule has 1 aromatic heterocycles. The molecule has 138 valence electrons. The van der Waals surface area contributed by atoms with Crippen LogP contribution in [0.4, 0.5) is 10.5 Å². The van der Waals surface area contributed by atoms with Gasteiger partial charge in [-0.3, -0.25) is 10.1 Å². The number of hydrogen-bond acceptors (Lipinski definition) is 5. The second-order valence-electron chi connectivity index (χ2n) is 5.76. The first-order valence-corrected chi connectivity index (χ1v) is 9.33. The number of rotatable bonds is 6. The van der Waals surface area contributed by atoms with E-state index in [2.05, 4.69) is 20.8 Å². The molecular weight excluding hydrogens is 362 g/mol. The van der Waals surface area contributed by atoms with Crippen LogP contribution in [-0.2, 0) is 11.3 Å². The van der Waals surface area contributed by atoms with Crippen molar-refractivity contribution in [2.24, 2.45) is 0 Å². The molecule has 0 spiro atoms. The lowest BCUT2D eigenvalue weighted by Crippen LogP contribution is -2.35. The van der Waals surface area contributed by atoms with E-state index in [0.29, 0.717) is 17.4 Å². The standard InChI is InChI=1S/C19H19N5O2S/c1-14-22-23-19(24(14)12-15-8-4-2-5-9-15)27-13-17(25)21-18(26)20-16-10-6-3-7-11-16/h2-11H,12-13H2,1H3,(H2,20,21,25,26). The fourth-order valence-corrected chi connectivity index (χ4v) is 3.18. The van der Waals surface area contributed by atoms with E-state index in [1.165, 1.54) is 11.8 Å². The number of hydrogen-bond donors (Lipinski definition) is 2. The molecular formula is C19H19N5O2S. The van der Waals surface area contributed by atoms with Crippen molar-refractivity contribution in [3.05, 3.63) is 72.1 Å². The van der Waals surface area contributed by atoms with Gasteiger partial charge >= 0.3 is 6.03 Å². The van der Waals surface area contributed by atoms with E-state index >= 15 is 0 Å². The highest BCUT2D eigenvalue weighted by Gasteiger charge is 2.14. The Morgan fingerprint density at radius 2 is 1.67 bits per heavy atom. The lowest BCUT2D eigenvalue weighted by Gasteiger charge is -2.09. The Morgan fingerprint density at radius 3 is 2.37 bits per heavy atom. The summed E-state index contributed by atoms with van der Waals surface area (Å²) in [6.07, 6.45) is 0. The zero-order chi connectivity index (χ0) is 19.1. The first kappa shape index (κ1) is 18.7. The molecule has 0 saturated carbocycles. The molecule has 3 aromatic rings. The van der Waals surface area contributed by atoms with Gasteiger partial charge in [-0.2, -0.15) is 0 Å². The van der Waals surface area contributed by atoms with Gasteiger partial charge in [-0.15, -0.1) is 10.2 Å². The lowest BCUT2D eigenvalue weighted by atomic mass is 10.2. The predicted molar refractivity (Wildman–Crippen MR) is 105 cm³/mol. The Morgan fingerprint density at radius 1 is 1.00 bits per heavy atom. The van der Waals surface area contributed by atoms with Crippen molar-refractivity contribution in [3.8, 4) is 0 Å². The molecule has 1 heterocycles. The van der Waals surface area contributed by atoms with Gasteiger partial charge in [-0.05, 0) is 24.6 Å². The van der Waals surface area contributed by atoms with Crippen LogP contribution in [0.15, 0.2) is 65.8 Å². The second-order valence-corrected chi connectivity index (χ2v) is 6.70. The number of benzene rings is 2. The summed E-state index contributed by atoms with van der Waals surface area (Å²) in [7, 11) is 0. The molecule has 3 amide bonds. The number of urea groups is 1.